The van der Waals surface area contributed by atoms with Crippen LogP contribution in [-0.4, -0.2) is 35.7 Å². The molecule has 7 nitrogen and oxygen atoms in total. The maximum Gasteiger partial charge on any atom is 0.407 e. The molecule has 2 aromatic rings. The van der Waals surface area contributed by atoms with Gasteiger partial charge in [0.05, 0.1) is 12.6 Å². The Labute approximate surface area is 151 Å². The second-order valence-electron chi connectivity index (χ2n) is 6.03. The van der Waals surface area contributed by atoms with Crippen molar-refractivity contribution in [3.05, 3.63) is 53.1 Å². The van der Waals surface area contributed by atoms with Gasteiger partial charge in [0.2, 0.25) is 6.79 Å². The molecule has 0 unspecified atom stereocenters. The molecular formula is C19H21NO6. The van der Waals surface area contributed by atoms with Gasteiger partial charge in [-0.3, -0.25) is 0 Å². The molecule has 1 heterocycles. The molecule has 0 radical (unpaired) electrons. The number of carbonyl (C=O) groups excluding carboxylic acids is 1. The molecule has 0 saturated heterocycles. The Morgan fingerprint density at radius 2 is 2.08 bits per heavy atom. The zero-order chi connectivity index (χ0) is 18.5. The number of fused-ring (bicyclic) bond motifs is 1. The molecule has 0 saturated carbocycles. The molecule has 3 rings (SSSR count). The number of alkyl carbamates (subject to hydrolysis) is 1. The Morgan fingerprint density at radius 1 is 1.31 bits per heavy atom. The van der Waals surface area contributed by atoms with Crippen LogP contribution in [0.2, 0.25) is 0 Å². The predicted octanol–water partition coefficient (Wildman–Crippen LogP) is 2.26. The average Bonchev–Trinajstić information content (AvgIpc) is 3.13. The number of phenols is 1. The van der Waals surface area contributed by atoms with Crippen LogP contribution in [0.3, 0.4) is 0 Å². The lowest BCUT2D eigenvalue weighted by molar-refractivity contribution is 0.129. The normalized spacial score (nSPS) is 13.3. The van der Waals surface area contributed by atoms with Crippen LogP contribution in [0.15, 0.2) is 36.4 Å². The Balaban J connectivity index is 1.61. The van der Waals surface area contributed by atoms with Gasteiger partial charge in [-0.15, -0.1) is 0 Å². The van der Waals surface area contributed by atoms with Gasteiger partial charge in [-0.05, 0) is 25.0 Å². The van der Waals surface area contributed by atoms with Crippen molar-refractivity contribution in [3.8, 4) is 17.2 Å². The standard InChI is InChI=1S/C19H21NO6/c1-12-17(22)14(8-16-18(12)26-11-25-16)7-15(9-21)20-19(23)24-10-13-5-3-2-4-6-13/h2-6,8,15,21-22H,7,9-11H2,1H3,(H,20,23)/t15-/m0/s1. The van der Waals surface area contributed by atoms with Crippen molar-refractivity contribution in [1.29, 1.82) is 0 Å². The minimum atomic E-state index is -0.634. The number of hydrogen-bond donors (Lipinski definition) is 3. The first kappa shape index (κ1) is 17.9. The highest BCUT2D eigenvalue weighted by molar-refractivity contribution is 5.68. The highest BCUT2D eigenvalue weighted by atomic mass is 16.7. The molecule has 7 heteroatoms. The van der Waals surface area contributed by atoms with E-state index in [1.165, 1.54) is 0 Å². The van der Waals surface area contributed by atoms with Crippen LogP contribution in [0.25, 0.3) is 0 Å². The summed E-state index contributed by atoms with van der Waals surface area (Å²) in [5, 5.41) is 22.5. The third-order valence-electron chi connectivity index (χ3n) is 4.17. The molecule has 1 aliphatic heterocycles. The van der Waals surface area contributed by atoms with E-state index in [0.717, 1.165) is 5.56 Å². The molecule has 1 amide bonds. The quantitative estimate of drug-likeness (QED) is 0.732. The second kappa shape index (κ2) is 7.97. The van der Waals surface area contributed by atoms with Crippen LogP contribution in [-0.2, 0) is 17.8 Å². The van der Waals surface area contributed by atoms with Crippen molar-refractivity contribution in [1.82, 2.24) is 5.32 Å². The summed E-state index contributed by atoms with van der Waals surface area (Å²) < 4.78 is 15.8. The third-order valence-corrected chi connectivity index (χ3v) is 4.17. The minimum absolute atomic E-state index is 0.0622. The van der Waals surface area contributed by atoms with Gasteiger partial charge < -0.3 is 29.7 Å². The van der Waals surface area contributed by atoms with Crippen molar-refractivity contribution in [2.75, 3.05) is 13.4 Å². The van der Waals surface area contributed by atoms with Gasteiger partial charge in [0, 0.05) is 11.1 Å². The number of ether oxygens (including phenoxy) is 3. The smallest absolute Gasteiger partial charge is 0.407 e. The molecule has 26 heavy (non-hydrogen) atoms. The Kier molecular flexibility index (Phi) is 5.48. The van der Waals surface area contributed by atoms with Crippen LogP contribution >= 0.6 is 0 Å². The molecule has 1 atom stereocenters. The highest BCUT2D eigenvalue weighted by Crippen LogP contribution is 2.42. The van der Waals surface area contributed by atoms with Crippen LogP contribution in [0.4, 0.5) is 4.79 Å². The average molecular weight is 359 g/mol. The highest BCUT2D eigenvalue weighted by Gasteiger charge is 2.23. The van der Waals surface area contributed by atoms with Gasteiger partial charge >= 0.3 is 6.09 Å². The number of amides is 1. The molecule has 0 bridgehead atoms. The number of aliphatic hydroxyl groups is 1. The summed E-state index contributed by atoms with van der Waals surface area (Å²) in [5.74, 6) is 1.12. The fourth-order valence-corrected chi connectivity index (χ4v) is 2.78. The fraction of sp³-hybridized carbons (Fsp3) is 0.316. The molecule has 1 aliphatic rings. The number of aromatic hydroxyl groups is 1. The Bertz CT molecular complexity index is 777. The lowest BCUT2D eigenvalue weighted by Crippen LogP contribution is -2.39. The zero-order valence-corrected chi connectivity index (χ0v) is 14.4. The monoisotopic (exact) mass is 359 g/mol. The first-order valence-corrected chi connectivity index (χ1v) is 8.27. The van der Waals surface area contributed by atoms with Crippen LogP contribution in [0, 0.1) is 6.92 Å². The second-order valence-corrected chi connectivity index (χ2v) is 6.03. The number of nitrogens with one attached hydrogen (secondary N) is 1. The molecule has 0 spiro atoms. The number of aliphatic hydroxyl groups excluding tert-OH is 1. The van der Waals surface area contributed by atoms with Crippen molar-refractivity contribution in [2.24, 2.45) is 0 Å². The van der Waals surface area contributed by atoms with E-state index >= 15 is 0 Å². The Morgan fingerprint density at radius 3 is 2.81 bits per heavy atom. The predicted molar refractivity (Wildman–Crippen MR) is 93.3 cm³/mol. The molecule has 0 aromatic heterocycles. The Hall–Kier alpha value is -2.93. The summed E-state index contributed by atoms with van der Waals surface area (Å²) in [6, 6.07) is 10.4. The van der Waals surface area contributed by atoms with Crippen molar-refractivity contribution in [2.45, 2.75) is 26.0 Å². The van der Waals surface area contributed by atoms with Crippen molar-refractivity contribution < 1.29 is 29.2 Å². The van der Waals surface area contributed by atoms with E-state index in [0.29, 0.717) is 22.6 Å². The summed E-state index contributed by atoms with van der Waals surface area (Å²) in [7, 11) is 0. The van der Waals surface area contributed by atoms with Gasteiger partial charge in [0.1, 0.15) is 12.4 Å². The van der Waals surface area contributed by atoms with Gasteiger partial charge in [0.15, 0.2) is 11.5 Å². The molecular weight excluding hydrogens is 338 g/mol. The summed E-state index contributed by atoms with van der Waals surface area (Å²) in [5.41, 5.74) is 1.99. The van der Waals surface area contributed by atoms with Gasteiger partial charge in [0.25, 0.3) is 0 Å². The number of hydrogen-bond acceptors (Lipinski definition) is 6. The van der Waals surface area contributed by atoms with E-state index in [4.69, 9.17) is 14.2 Å². The summed E-state index contributed by atoms with van der Waals surface area (Å²) in [6.07, 6.45) is -0.412. The van der Waals surface area contributed by atoms with Crippen molar-refractivity contribution >= 4 is 6.09 Å². The molecule has 2 aromatic carbocycles. The van der Waals surface area contributed by atoms with Gasteiger partial charge in [-0.2, -0.15) is 0 Å². The number of carbonyl (C=O) groups is 1. The van der Waals surface area contributed by atoms with E-state index < -0.39 is 12.1 Å². The topological polar surface area (TPSA) is 97.3 Å². The van der Waals surface area contributed by atoms with E-state index in [1.807, 2.05) is 30.3 Å². The molecule has 138 valence electrons. The first-order chi connectivity index (χ1) is 12.6. The van der Waals surface area contributed by atoms with Crippen LogP contribution < -0.4 is 14.8 Å². The third kappa shape index (κ3) is 4.00. The van der Waals surface area contributed by atoms with Gasteiger partial charge in [-0.25, -0.2) is 4.79 Å². The summed E-state index contributed by atoms with van der Waals surface area (Å²) in [6.45, 7) is 1.67. The van der Waals surface area contributed by atoms with Crippen LogP contribution in [0.1, 0.15) is 16.7 Å². The van der Waals surface area contributed by atoms with E-state index in [1.54, 1.807) is 13.0 Å². The number of benzene rings is 2. The first-order valence-electron chi connectivity index (χ1n) is 8.27. The maximum atomic E-state index is 12.0. The van der Waals surface area contributed by atoms with E-state index in [2.05, 4.69) is 5.32 Å². The van der Waals surface area contributed by atoms with E-state index in [-0.39, 0.29) is 32.2 Å². The SMILES string of the molecule is Cc1c(O)c(C[C@@H](CO)NC(=O)OCc2ccccc2)cc2c1OCO2. The lowest BCUT2D eigenvalue weighted by atomic mass is 10.0. The molecule has 3 N–H and O–H groups in total. The van der Waals surface area contributed by atoms with Crippen molar-refractivity contribution in [3.63, 3.8) is 0 Å². The summed E-state index contributed by atoms with van der Waals surface area (Å²) in [4.78, 5) is 12.0. The maximum absolute atomic E-state index is 12.0. The largest absolute Gasteiger partial charge is 0.507 e. The fourth-order valence-electron chi connectivity index (χ4n) is 2.78. The zero-order valence-electron chi connectivity index (χ0n) is 14.4. The molecule has 0 fully saturated rings. The lowest BCUT2D eigenvalue weighted by Gasteiger charge is -2.18. The number of phenolic OH excluding ortho intramolecular Hbond substituents is 1. The summed E-state index contributed by atoms with van der Waals surface area (Å²) >= 11 is 0. The van der Waals surface area contributed by atoms with Crippen LogP contribution in [0.5, 0.6) is 17.2 Å². The molecule has 0 aliphatic carbocycles. The van der Waals surface area contributed by atoms with E-state index in [9.17, 15) is 15.0 Å². The minimum Gasteiger partial charge on any atom is -0.507 e. The number of rotatable bonds is 6. The van der Waals surface area contributed by atoms with Gasteiger partial charge in [-0.1, -0.05) is 30.3 Å².